The van der Waals surface area contributed by atoms with Gasteiger partial charge in [0.15, 0.2) is 6.73 Å². The fourth-order valence-electron chi connectivity index (χ4n) is 1.93. The molecule has 1 heterocycles. The highest BCUT2D eigenvalue weighted by Gasteiger charge is 2.09. The van der Waals surface area contributed by atoms with Gasteiger partial charge in [-0.15, -0.1) is 0 Å². The number of fused-ring (bicyclic) bond motifs is 1. The standard InChI is InChI=1S/C15H12N2O3S/c18-14(16-11-6-2-1-3-7-11)20-10-17-12-8-4-5-9-13(12)21-15(17)19/h1-9H,10H2,(H,16,18). The molecule has 1 N–H and O–H groups in total. The van der Waals surface area contributed by atoms with Crippen LogP contribution in [0.4, 0.5) is 10.5 Å². The number of nitrogens with zero attached hydrogens (tertiary/aromatic N) is 1. The first-order chi connectivity index (χ1) is 10.2. The number of thiazole rings is 1. The lowest BCUT2D eigenvalue weighted by atomic mass is 10.3. The van der Waals surface area contributed by atoms with Gasteiger partial charge in [0.2, 0.25) is 0 Å². The Morgan fingerprint density at radius 2 is 1.81 bits per heavy atom. The Bertz CT molecular complexity index is 824. The van der Waals surface area contributed by atoms with Gasteiger partial charge in [-0.1, -0.05) is 41.7 Å². The Kier molecular flexibility index (Phi) is 3.70. The fourth-order valence-corrected chi connectivity index (χ4v) is 2.81. The van der Waals surface area contributed by atoms with Crippen LogP contribution in [0.1, 0.15) is 0 Å². The van der Waals surface area contributed by atoms with E-state index in [-0.39, 0.29) is 11.6 Å². The van der Waals surface area contributed by atoms with Gasteiger partial charge in [0.25, 0.3) is 0 Å². The van der Waals surface area contributed by atoms with Crippen LogP contribution in [0, 0.1) is 0 Å². The summed E-state index contributed by atoms with van der Waals surface area (Å²) >= 11 is 1.13. The summed E-state index contributed by atoms with van der Waals surface area (Å²) in [4.78, 5) is 23.4. The van der Waals surface area contributed by atoms with Crippen molar-refractivity contribution in [2.75, 3.05) is 5.32 Å². The first kappa shape index (κ1) is 13.4. The third kappa shape index (κ3) is 2.95. The predicted octanol–water partition coefficient (Wildman–Crippen LogP) is 3.27. The predicted molar refractivity (Wildman–Crippen MR) is 82.6 cm³/mol. The molecule has 2 aromatic carbocycles. The van der Waals surface area contributed by atoms with Crippen LogP contribution in [-0.2, 0) is 11.5 Å². The molecule has 0 unspecified atom stereocenters. The summed E-state index contributed by atoms with van der Waals surface area (Å²) < 4.78 is 7.40. The van der Waals surface area contributed by atoms with Gasteiger partial charge in [-0.05, 0) is 24.3 Å². The van der Waals surface area contributed by atoms with Crippen LogP contribution in [0.25, 0.3) is 10.2 Å². The van der Waals surface area contributed by atoms with Gasteiger partial charge in [0.05, 0.1) is 10.2 Å². The zero-order valence-electron chi connectivity index (χ0n) is 11.0. The van der Waals surface area contributed by atoms with Crippen molar-refractivity contribution in [2.45, 2.75) is 6.73 Å². The number of aromatic nitrogens is 1. The van der Waals surface area contributed by atoms with Gasteiger partial charge in [0, 0.05) is 5.69 Å². The first-order valence-electron chi connectivity index (χ1n) is 6.31. The molecule has 6 heteroatoms. The summed E-state index contributed by atoms with van der Waals surface area (Å²) in [5.74, 6) is 0. The van der Waals surface area contributed by atoms with Gasteiger partial charge in [-0.3, -0.25) is 14.7 Å². The summed E-state index contributed by atoms with van der Waals surface area (Å²) in [5.41, 5.74) is 1.41. The molecule has 3 rings (SSSR count). The second-order valence-corrected chi connectivity index (χ2v) is 5.31. The minimum absolute atomic E-state index is 0.110. The van der Waals surface area contributed by atoms with Crippen LogP contribution in [0.2, 0.25) is 0 Å². The van der Waals surface area contributed by atoms with Crippen LogP contribution in [0.15, 0.2) is 59.4 Å². The molecule has 3 aromatic rings. The van der Waals surface area contributed by atoms with Crippen molar-refractivity contribution >= 4 is 33.3 Å². The number of ether oxygens (including phenoxy) is 1. The van der Waals surface area contributed by atoms with E-state index in [0.717, 1.165) is 21.6 Å². The van der Waals surface area contributed by atoms with Crippen molar-refractivity contribution in [2.24, 2.45) is 0 Å². The number of anilines is 1. The molecular weight excluding hydrogens is 288 g/mol. The average molecular weight is 300 g/mol. The first-order valence-corrected chi connectivity index (χ1v) is 7.13. The number of rotatable bonds is 3. The minimum Gasteiger partial charge on any atom is -0.427 e. The van der Waals surface area contributed by atoms with Crippen molar-refractivity contribution in [1.29, 1.82) is 0 Å². The molecule has 1 amide bonds. The third-order valence-electron chi connectivity index (χ3n) is 2.92. The second kappa shape index (κ2) is 5.80. The summed E-state index contributed by atoms with van der Waals surface area (Å²) in [7, 11) is 0. The normalized spacial score (nSPS) is 10.5. The number of carbonyl (C=O) groups excluding carboxylic acids is 1. The molecule has 0 atom stereocenters. The van der Waals surface area contributed by atoms with Gasteiger partial charge in [-0.25, -0.2) is 4.79 Å². The van der Waals surface area contributed by atoms with Gasteiger partial charge < -0.3 is 4.74 Å². The molecule has 0 spiro atoms. The lowest BCUT2D eigenvalue weighted by Crippen LogP contribution is -2.20. The Labute approximate surface area is 124 Å². The zero-order chi connectivity index (χ0) is 14.7. The summed E-state index contributed by atoms with van der Waals surface area (Å²) in [6.45, 7) is -0.110. The molecular formula is C15H12N2O3S. The van der Waals surface area contributed by atoms with Crippen LogP contribution in [-0.4, -0.2) is 10.7 Å². The largest absolute Gasteiger partial charge is 0.427 e. The molecule has 5 nitrogen and oxygen atoms in total. The van der Waals surface area contributed by atoms with Crippen LogP contribution in [0.5, 0.6) is 0 Å². The summed E-state index contributed by atoms with van der Waals surface area (Å²) in [6, 6.07) is 16.4. The SMILES string of the molecule is O=C(Nc1ccccc1)OCn1c(=O)sc2ccccc21. The Morgan fingerprint density at radius 3 is 2.62 bits per heavy atom. The molecule has 0 aliphatic rings. The maximum Gasteiger partial charge on any atom is 0.413 e. The van der Waals surface area contributed by atoms with Crippen molar-refractivity contribution < 1.29 is 9.53 Å². The number of hydrogen-bond donors (Lipinski definition) is 1. The smallest absolute Gasteiger partial charge is 0.413 e. The molecule has 1 aromatic heterocycles. The Hall–Kier alpha value is -2.60. The van der Waals surface area contributed by atoms with E-state index in [0.29, 0.717) is 5.69 Å². The van der Waals surface area contributed by atoms with E-state index in [1.807, 2.05) is 42.5 Å². The molecule has 0 saturated carbocycles. The molecule has 0 radical (unpaired) electrons. The number of para-hydroxylation sites is 2. The van der Waals surface area contributed by atoms with Crippen molar-refractivity contribution in [3.8, 4) is 0 Å². The zero-order valence-corrected chi connectivity index (χ0v) is 11.8. The average Bonchev–Trinajstić information content (AvgIpc) is 2.81. The lowest BCUT2D eigenvalue weighted by molar-refractivity contribution is 0.129. The number of amides is 1. The van der Waals surface area contributed by atoms with E-state index in [2.05, 4.69) is 5.32 Å². The molecule has 0 fully saturated rings. The van der Waals surface area contributed by atoms with Crippen LogP contribution < -0.4 is 10.2 Å². The highest BCUT2D eigenvalue weighted by atomic mass is 32.1. The number of hydrogen-bond acceptors (Lipinski definition) is 4. The number of carbonyl (C=O) groups is 1. The minimum atomic E-state index is -0.594. The van der Waals surface area contributed by atoms with E-state index in [9.17, 15) is 9.59 Å². The Balaban J connectivity index is 1.71. The van der Waals surface area contributed by atoms with E-state index < -0.39 is 6.09 Å². The molecule has 0 aliphatic heterocycles. The topological polar surface area (TPSA) is 60.3 Å². The third-order valence-corrected chi connectivity index (χ3v) is 3.88. The number of benzene rings is 2. The highest BCUT2D eigenvalue weighted by Crippen LogP contribution is 2.16. The van der Waals surface area contributed by atoms with Crippen molar-refractivity contribution in [3.63, 3.8) is 0 Å². The quantitative estimate of drug-likeness (QED) is 0.807. The van der Waals surface area contributed by atoms with E-state index >= 15 is 0 Å². The van der Waals surface area contributed by atoms with Gasteiger partial charge >= 0.3 is 11.0 Å². The molecule has 21 heavy (non-hydrogen) atoms. The fraction of sp³-hybridized carbons (Fsp3) is 0.0667. The molecule has 0 saturated heterocycles. The molecule has 106 valence electrons. The van der Waals surface area contributed by atoms with Crippen LogP contribution >= 0.6 is 11.3 Å². The molecule has 0 aliphatic carbocycles. The number of nitrogens with one attached hydrogen (secondary N) is 1. The van der Waals surface area contributed by atoms with Gasteiger partial charge in [-0.2, -0.15) is 0 Å². The second-order valence-electron chi connectivity index (χ2n) is 4.32. The summed E-state index contributed by atoms with van der Waals surface area (Å²) in [6.07, 6.45) is -0.594. The maximum atomic E-state index is 11.9. The van der Waals surface area contributed by atoms with Crippen molar-refractivity contribution in [3.05, 3.63) is 64.3 Å². The highest BCUT2D eigenvalue weighted by molar-refractivity contribution is 7.16. The van der Waals surface area contributed by atoms with Crippen molar-refractivity contribution in [1.82, 2.24) is 4.57 Å². The lowest BCUT2D eigenvalue weighted by Gasteiger charge is -2.07. The van der Waals surface area contributed by atoms with E-state index in [4.69, 9.17) is 4.74 Å². The Morgan fingerprint density at radius 1 is 1.10 bits per heavy atom. The monoisotopic (exact) mass is 300 g/mol. The van der Waals surface area contributed by atoms with E-state index in [1.54, 1.807) is 12.1 Å². The van der Waals surface area contributed by atoms with E-state index in [1.165, 1.54) is 4.57 Å². The van der Waals surface area contributed by atoms with Crippen LogP contribution in [0.3, 0.4) is 0 Å². The maximum absolute atomic E-state index is 11.9. The summed E-state index contributed by atoms with van der Waals surface area (Å²) in [5, 5.41) is 2.60. The molecule has 0 bridgehead atoms. The van der Waals surface area contributed by atoms with Gasteiger partial charge in [0.1, 0.15) is 0 Å².